The van der Waals surface area contributed by atoms with Crippen molar-refractivity contribution in [1.29, 1.82) is 0 Å². The molecule has 17 heavy (non-hydrogen) atoms. The molecular formula is C10H20N2PbS4. The minimum Gasteiger partial charge on any atom is -0.411 e. The molecule has 0 bridgehead atoms. The Kier molecular flexibility index (Phi) is 20.8. The van der Waals surface area contributed by atoms with E-state index in [0.29, 0.717) is 8.64 Å². The van der Waals surface area contributed by atoms with Gasteiger partial charge in [-0.1, -0.05) is 8.64 Å². The fourth-order valence-corrected chi connectivity index (χ4v) is 2.00. The van der Waals surface area contributed by atoms with Gasteiger partial charge in [0.25, 0.3) is 0 Å². The molecule has 2 radical (unpaired) electrons. The van der Waals surface area contributed by atoms with E-state index in [-0.39, 0.29) is 27.3 Å². The van der Waals surface area contributed by atoms with Crippen LogP contribution in [-0.2, 0) is 25.3 Å². The van der Waals surface area contributed by atoms with Gasteiger partial charge in [-0.3, -0.25) is 0 Å². The minimum atomic E-state index is 0. The maximum Gasteiger partial charge on any atom is 2.00 e. The summed E-state index contributed by atoms with van der Waals surface area (Å²) in [5.74, 6) is 0. The molecule has 0 aliphatic heterocycles. The molecule has 0 rings (SSSR count). The summed E-state index contributed by atoms with van der Waals surface area (Å²) in [7, 11) is 0. The molecule has 0 N–H and O–H groups in total. The second-order valence-electron chi connectivity index (χ2n) is 2.88. The van der Waals surface area contributed by atoms with Crippen molar-refractivity contribution < 1.29 is 0 Å². The van der Waals surface area contributed by atoms with Crippen LogP contribution < -0.4 is 0 Å². The molecule has 0 saturated heterocycles. The van der Waals surface area contributed by atoms with Gasteiger partial charge in [0.05, 0.1) is 0 Å². The van der Waals surface area contributed by atoms with Crippen molar-refractivity contribution in [3.63, 3.8) is 0 Å². The van der Waals surface area contributed by atoms with Gasteiger partial charge in [0.15, 0.2) is 0 Å². The van der Waals surface area contributed by atoms with Crippen molar-refractivity contribution in [3.05, 3.63) is 0 Å². The van der Waals surface area contributed by atoms with Crippen LogP contribution in [0.25, 0.3) is 0 Å². The molecule has 0 unspecified atom stereocenters. The van der Waals surface area contributed by atoms with Gasteiger partial charge < -0.3 is 59.5 Å². The third kappa shape index (κ3) is 13.4. The molecule has 0 amide bonds. The van der Waals surface area contributed by atoms with Crippen molar-refractivity contribution in [2.75, 3.05) is 26.2 Å². The van der Waals surface area contributed by atoms with E-state index in [4.69, 9.17) is 49.7 Å². The molecule has 0 aliphatic carbocycles. The summed E-state index contributed by atoms with van der Waals surface area (Å²) in [6.07, 6.45) is 0. The third-order valence-corrected chi connectivity index (χ3v) is 3.08. The zero-order valence-corrected chi connectivity index (χ0v) is 18.0. The summed E-state index contributed by atoms with van der Waals surface area (Å²) in [5.41, 5.74) is 0. The van der Waals surface area contributed by atoms with Crippen molar-refractivity contribution in [2.24, 2.45) is 0 Å². The topological polar surface area (TPSA) is 6.48 Å². The van der Waals surface area contributed by atoms with Crippen LogP contribution >= 0.6 is 24.4 Å². The quantitative estimate of drug-likeness (QED) is 0.326. The van der Waals surface area contributed by atoms with Crippen molar-refractivity contribution in [3.8, 4) is 0 Å². The van der Waals surface area contributed by atoms with E-state index >= 15 is 0 Å². The summed E-state index contributed by atoms with van der Waals surface area (Å²) in [6, 6.07) is 0. The van der Waals surface area contributed by atoms with Crippen molar-refractivity contribution >= 4 is 85.6 Å². The van der Waals surface area contributed by atoms with Gasteiger partial charge in [0.2, 0.25) is 0 Å². The Labute approximate surface area is 148 Å². The van der Waals surface area contributed by atoms with Gasteiger partial charge in [-0.15, -0.1) is 0 Å². The maximum atomic E-state index is 4.76. The Morgan fingerprint density at radius 2 is 0.941 bits per heavy atom. The molecule has 0 saturated carbocycles. The predicted octanol–water partition coefficient (Wildman–Crippen LogP) is 1.94. The fraction of sp³-hybridized carbons (Fsp3) is 0.800. The van der Waals surface area contributed by atoms with E-state index in [1.165, 1.54) is 0 Å². The number of hydrogen-bond donors (Lipinski definition) is 0. The van der Waals surface area contributed by atoms with E-state index in [9.17, 15) is 0 Å². The first-order chi connectivity index (χ1) is 7.44. The molecule has 0 aromatic heterocycles. The molecule has 2 nitrogen and oxygen atoms in total. The normalized spacial score (nSPS) is 8.24. The first kappa shape index (κ1) is 23.3. The maximum absolute atomic E-state index is 4.76. The Hall–Kier alpha value is 1.14. The Balaban J connectivity index is -0.000000218. The molecule has 0 fully saturated rings. The summed E-state index contributed by atoms with van der Waals surface area (Å²) in [5, 5.41) is 0. The summed E-state index contributed by atoms with van der Waals surface area (Å²) < 4.78 is 1.16. The van der Waals surface area contributed by atoms with E-state index in [2.05, 4.69) is 0 Å². The van der Waals surface area contributed by atoms with Crippen LogP contribution in [0.2, 0.25) is 0 Å². The first-order valence-electron chi connectivity index (χ1n) is 5.36. The Bertz CT molecular complexity index is 184. The number of nitrogens with zero attached hydrogens (tertiary/aromatic N) is 2. The smallest absolute Gasteiger partial charge is 0.411 e. The van der Waals surface area contributed by atoms with Crippen LogP contribution in [0, 0.1) is 0 Å². The van der Waals surface area contributed by atoms with E-state index < -0.39 is 0 Å². The molecule has 0 spiro atoms. The summed E-state index contributed by atoms with van der Waals surface area (Å²) in [6.45, 7) is 11.9. The van der Waals surface area contributed by atoms with Gasteiger partial charge in [0.1, 0.15) is 0 Å². The summed E-state index contributed by atoms with van der Waals surface area (Å²) >= 11 is 19.0. The SMILES string of the molecule is CCN(CC)C(=S)[S-].CCN(CC)C(=S)[S-].[Pb+2]. The van der Waals surface area contributed by atoms with Crippen LogP contribution in [-0.4, -0.2) is 71.9 Å². The van der Waals surface area contributed by atoms with Crippen LogP contribution in [0.5, 0.6) is 0 Å². The number of thiocarbonyl (C=S) groups is 2. The van der Waals surface area contributed by atoms with Crippen LogP contribution in [0.1, 0.15) is 27.7 Å². The van der Waals surface area contributed by atoms with Gasteiger partial charge in [-0.05, 0) is 27.7 Å². The Morgan fingerprint density at radius 3 is 0.941 bits per heavy atom. The molecule has 7 heteroatoms. The second-order valence-corrected chi connectivity index (χ2v) is 4.94. The first-order valence-corrected chi connectivity index (χ1v) is 6.99. The average molecular weight is 504 g/mol. The fourth-order valence-electron chi connectivity index (χ4n) is 0.964. The number of rotatable bonds is 4. The van der Waals surface area contributed by atoms with Crippen molar-refractivity contribution in [2.45, 2.75) is 27.7 Å². The van der Waals surface area contributed by atoms with Gasteiger partial charge in [-0.2, -0.15) is 0 Å². The van der Waals surface area contributed by atoms with E-state index in [1.807, 2.05) is 37.5 Å². The largest absolute Gasteiger partial charge is 2.00 e. The zero-order chi connectivity index (χ0) is 13.1. The predicted molar refractivity (Wildman–Crippen MR) is 91.5 cm³/mol. The molecule has 0 atom stereocenters. The standard InChI is InChI=1S/2C5H11NS2.Pb/c2*1-3-6(4-2)5(7)8;/h2*3-4H2,1-2H3,(H,7,8);/q;;+2/p-2. The molecular weight excluding hydrogens is 484 g/mol. The van der Waals surface area contributed by atoms with Crippen LogP contribution in [0.4, 0.5) is 0 Å². The Morgan fingerprint density at radius 1 is 0.765 bits per heavy atom. The number of hydrogen-bond acceptors (Lipinski definition) is 4. The van der Waals surface area contributed by atoms with E-state index in [1.54, 1.807) is 0 Å². The third-order valence-electron chi connectivity index (χ3n) is 2.04. The van der Waals surface area contributed by atoms with Crippen LogP contribution in [0.3, 0.4) is 0 Å². The molecule has 0 aromatic rings. The average Bonchev–Trinajstić information content (AvgIpc) is 2.21. The monoisotopic (exact) mass is 504 g/mol. The zero-order valence-electron chi connectivity index (χ0n) is 10.9. The molecule has 0 heterocycles. The van der Waals surface area contributed by atoms with E-state index in [0.717, 1.165) is 26.2 Å². The molecule has 0 aromatic carbocycles. The molecule has 98 valence electrons. The summed E-state index contributed by atoms with van der Waals surface area (Å²) in [4.78, 5) is 3.93. The van der Waals surface area contributed by atoms with Gasteiger partial charge >= 0.3 is 27.3 Å². The second kappa shape index (κ2) is 15.2. The minimum absolute atomic E-state index is 0. The van der Waals surface area contributed by atoms with Crippen LogP contribution in [0.15, 0.2) is 0 Å². The van der Waals surface area contributed by atoms with Crippen molar-refractivity contribution in [1.82, 2.24) is 9.80 Å². The molecule has 0 aliphatic rings. The van der Waals surface area contributed by atoms with Gasteiger partial charge in [0, 0.05) is 26.2 Å². The van der Waals surface area contributed by atoms with Gasteiger partial charge in [-0.25, -0.2) is 0 Å².